The number of fused-ring (bicyclic) bond motifs is 1. The summed E-state index contributed by atoms with van der Waals surface area (Å²) in [7, 11) is 0. The zero-order chi connectivity index (χ0) is 28.4. The standard InChI is InChI=1S/C27H31F3N8O2/c28-27(29,30)20-33-26(39)35-23-5-1-4-22(17-23)24-19-32-25-16-21(6-10-38(24)25)18-34-40-15-3-9-37-13-11-36(12-14-37)8-2-7-31/h1,4-6,10,16-19H,2-3,8-9,11-15,20H2,(H2,33,35,39)/b34-18+. The number of rotatable bonds is 11. The van der Waals surface area contributed by atoms with Crippen molar-refractivity contribution >= 4 is 23.6 Å². The third-order valence-corrected chi connectivity index (χ3v) is 6.39. The lowest BCUT2D eigenvalue weighted by atomic mass is 10.1. The number of halogens is 3. The number of piperazine rings is 1. The summed E-state index contributed by atoms with van der Waals surface area (Å²) < 4.78 is 38.8. The van der Waals surface area contributed by atoms with Crippen molar-refractivity contribution in [2.75, 3.05) is 57.7 Å². The molecule has 3 aromatic rings. The molecule has 1 aliphatic heterocycles. The average Bonchev–Trinajstić information content (AvgIpc) is 3.36. The van der Waals surface area contributed by atoms with Gasteiger partial charge in [-0.25, -0.2) is 9.78 Å². The molecule has 2 aromatic heterocycles. The number of anilines is 1. The highest BCUT2D eigenvalue weighted by atomic mass is 19.4. The molecule has 3 heterocycles. The summed E-state index contributed by atoms with van der Waals surface area (Å²) in [5, 5.41) is 17.0. The van der Waals surface area contributed by atoms with Crippen LogP contribution in [-0.4, -0.2) is 90.0 Å². The molecule has 2 N–H and O–H groups in total. The van der Waals surface area contributed by atoms with Crippen molar-refractivity contribution in [3.05, 3.63) is 54.4 Å². The van der Waals surface area contributed by atoms with Crippen LogP contribution in [0, 0.1) is 11.3 Å². The maximum atomic E-state index is 12.3. The molecule has 0 radical (unpaired) electrons. The summed E-state index contributed by atoms with van der Waals surface area (Å²) in [6, 6.07) is 11.7. The number of nitrogens with one attached hydrogen (secondary N) is 2. The minimum Gasteiger partial charge on any atom is -0.396 e. The second-order valence-electron chi connectivity index (χ2n) is 9.35. The number of oxime groups is 1. The minimum absolute atomic E-state index is 0.353. The van der Waals surface area contributed by atoms with Crippen LogP contribution in [0.5, 0.6) is 0 Å². The lowest BCUT2D eigenvalue weighted by Crippen LogP contribution is -2.46. The number of nitrogens with zero attached hydrogens (tertiary/aromatic N) is 6. The molecule has 0 aliphatic carbocycles. The van der Waals surface area contributed by atoms with Gasteiger partial charge in [-0.05, 0) is 30.7 Å². The van der Waals surface area contributed by atoms with Crippen molar-refractivity contribution in [3.63, 3.8) is 0 Å². The van der Waals surface area contributed by atoms with Gasteiger partial charge >= 0.3 is 12.2 Å². The Balaban J connectivity index is 1.25. The number of pyridine rings is 1. The lowest BCUT2D eigenvalue weighted by molar-refractivity contribution is -0.122. The van der Waals surface area contributed by atoms with Gasteiger partial charge < -0.3 is 20.4 Å². The smallest absolute Gasteiger partial charge is 0.396 e. The quantitative estimate of drug-likeness (QED) is 0.210. The predicted molar refractivity (Wildman–Crippen MR) is 145 cm³/mol. The first-order chi connectivity index (χ1) is 19.3. The van der Waals surface area contributed by atoms with Crippen LogP contribution in [0.2, 0.25) is 0 Å². The molecule has 40 heavy (non-hydrogen) atoms. The van der Waals surface area contributed by atoms with E-state index in [-0.39, 0.29) is 0 Å². The van der Waals surface area contributed by atoms with Crippen LogP contribution in [0.3, 0.4) is 0 Å². The predicted octanol–water partition coefficient (Wildman–Crippen LogP) is 3.96. The normalized spacial score (nSPS) is 14.8. The van der Waals surface area contributed by atoms with E-state index in [1.807, 2.05) is 28.8 Å². The van der Waals surface area contributed by atoms with Gasteiger partial charge in [-0.2, -0.15) is 18.4 Å². The summed E-state index contributed by atoms with van der Waals surface area (Å²) in [5.74, 6) is 0. The Morgan fingerprint density at radius 3 is 2.67 bits per heavy atom. The largest absolute Gasteiger partial charge is 0.405 e. The third-order valence-electron chi connectivity index (χ3n) is 6.39. The highest BCUT2D eigenvalue weighted by Crippen LogP contribution is 2.24. The van der Waals surface area contributed by atoms with Crippen LogP contribution >= 0.6 is 0 Å². The number of imidazole rings is 1. The van der Waals surface area contributed by atoms with Crippen molar-refractivity contribution in [1.82, 2.24) is 24.5 Å². The highest BCUT2D eigenvalue weighted by molar-refractivity contribution is 5.90. The van der Waals surface area contributed by atoms with Gasteiger partial charge in [-0.15, -0.1) is 0 Å². The molecule has 0 saturated carbocycles. The van der Waals surface area contributed by atoms with Gasteiger partial charge in [-0.1, -0.05) is 17.3 Å². The second-order valence-corrected chi connectivity index (χ2v) is 9.35. The number of benzene rings is 1. The molecule has 1 fully saturated rings. The fourth-order valence-corrected chi connectivity index (χ4v) is 4.35. The van der Waals surface area contributed by atoms with Crippen LogP contribution in [0.4, 0.5) is 23.7 Å². The second kappa shape index (κ2) is 13.8. The highest BCUT2D eigenvalue weighted by Gasteiger charge is 2.27. The van der Waals surface area contributed by atoms with E-state index in [1.54, 1.807) is 35.9 Å². The first-order valence-corrected chi connectivity index (χ1v) is 13.0. The van der Waals surface area contributed by atoms with Crippen molar-refractivity contribution in [1.29, 1.82) is 5.26 Å². The maximum Gasteiger partial charge on any atom is 0.405 e. The Kier molecular flexibility index (Phi) is 9.93. The average molecular weight is 557 g/mol. The van der Waals surface area contributed by atoms with Crippen LogP contribution < -0.4 is 10.6 Å². The summed E-state index contributed by atoms with van der Waals surface area (Å²) in [4.78, 5) is 26.4. The number of amides is 2. The van der Waals surface area contributed by atoms with E-state index >= 15 is 0 Å². The first kappa shape index (κ1) is 28.8. The van der Waals surface area contributed by atoms with Crippen LogP contribution in [0.25, 0.3) is 16.9 Å². The topological polar surface area (TPSA) is 110 Å². The van der Waals surface area contributed by atoms with Crippen molar-refractivity contribution in [2.45, 2.75) is 19.0 Å². The monoisotopic (exact) mass is 556 g/mol. The zero-order valence-electron chi connectivity index (χ0n) is 21.9. The molecule has 13 heteroatoms. The van der Waals surface area contributed by atoms with Crippen LogP contribution in [0.15, 0.2) is 53.9 Å². The molecule has 1 aliphatic rings. The third kappa shape index (κ3) is 8.69. The van der Waals surface area contributed by atoms with Gasteiger partial charge in [-0.3, -0.25) is 9.30 Å². The molecule has 0 spiro atoms. The molecule has 10 nitrogen and oxygen atoms in total. The molecule has 0 bridgehead atoms. The fraction of sp³-hybridized carbons (Fsp3) is 0.407. The number of nitriles is 1. The molecule has 1 aromatic carbocycles. The zero-order valence-corrected chi connectivity index (χ0v) is 21.9. The number of alkyl halides is 3. The molecular weight excluding hydrogens is 525 g/mol. The molecular formula is C27H31F3N8O2. The van der Waals surface area contributed by atoms with Gasteiger partial charge in [0.05, 0.1) is 24.2 Å². The maximum absolute atomic E-state index is 12.3. The van der Waals surface area contributed by atoms with E-state index in [0.717, 1.165) is 62.5 Å². The number of hydrogen-bond donors (Lipinski definition) is 2. The summed E-state index contributed by atoms with van der Waals surface area (Å²) >= 11 is 0. The number of urea groups is 1. The molecule has 0 atom stereocenters. The van der Waals surface area contributed by atoms with Crippen molar-refractivity contribution in [2.24, 2.45) is 5.16 Å². The van der Waals surface area contributed by atoms with E-state index in [9.17, 15) is 18.0 Å². The summed E-state index contributed by atoms with van der Waals surface area (Å²) in [6.07, 6.45) is 2.11. The van der Waals surface area contributed by atoms with Gasteiger partial charge in [0.25, 0.3) is 0 Å². The van der Waals surface area contributed by atoms with E-state index in [0.29, 0.717) is 24.4 Å². The molecule has 212 valence electrons. The Hall–Kier alpha value is -4.15. The van der Waals surface area contributed by atoms with E-state index in [4.69, 9.17) is 10.1 Å². The number of carbonyl (C=O) groups excluding carboxylic acids is 1. The molecule has 2 amide bonds. The fourth-order valence-electron chi connectivity index (χ4n) is 4.35. The molecule has 4 rings (SSSR count). The van der Waals surface area contributed by atoms with Gasteiger partial charge in [0.2, 0.25) is 0 Å². The molecule has 0 unspecified atom stereocenters. The lowest BCUT2D eigenvalue weighted by Gasteiger charge is -2.34. The Morgan fingerprint density at radius 2 is 1.93 bits per heavy atom. The van der Waals surface area contributed by atoms with E-state index in [2.05, 4.69) is 31.3 Å². The SMILES string of the molecule is N#CCCN1CCN(CCCO/N=C/c2ccn3c(-c4cccc(NC(=O)NCC(F)(F)F)c4)cnc3c2)CC1. The Morgan fingerprint density at radius 1 is 1.15 bits per heavy atom. The van der Waals surface area contributed by atoms with E-state index in [1.165, 1.54) is 0 Å². The van der Waals surface area contributed by atoms with Crippen molar-refractivity contribution in [3.8, 4) is 17.3 Å². The Labute approximate surface area is 230 Å². The summed E-state index contributed by atoms with van der Waals surface area (Å²) in [6.45, 7) is 4.87. The van der Waals surface area contributed by atoms with Gasteiger partial charge in [0, 0.05) is 68.7 Å². The number of aromatic nitrogens is 2. The minimum atomic E-state index is -4.48. The number of carbonyl (C=O) groups is 1. The Bertz CT molecular complexity index is 1340. The number of hydrogen-bond acceptors (Lipinski definition) is 7. The summed E-state index contributed by atoms with van der Waals surface area (Å²) in [5.41, 5.74) is 3.32. The molecule has 1 saturated heterocycles. The first-order valence-electron chi connectivity index (χ1n) is 13.0. The van der Waals surface area contributed by atoms with Crippen LogP contribution in [-0.2, 0) is 4.84 Å². The van der Waals surface area contributed by atoms with Crippen LogP contribution in [0.1, 0.15) is 18.4 Å². The van der Waals surface area contributed by atoms with E-state index < -0.39 is 18.8 Å². The van der Waals surface area contributed by atoms with Crippen molar-refractivity contribution < 1.29 is 22.8 Å². The van der Waals surface area contributed by atoms with Gasteiger partial charge in [0.15, 0.2) is 0 Å². The van der Waals surface area contributed by atoms with Gasteiger partial charge in [0.1, 0.15) is 18.8 Å².